The van der Waals surface area contributed by atoms with Gasteiger partial charge in [0, 0.05) is 24.9 Å². The smallest absolute Gasteiger partial charge is 0.223 e. The number of carbonyl (C=O) groups is 1. The van der Waals surface area contributed by atoms with Crippen LogP contribution in [0.1, 0.15) is 25.0 Å². The normalized spacial score (nSPS) is 24.6. The first-order chi connectivity index (χ1) is 7.75. The van der Waals surface area contributed by atoms with Crippen molar-refractivity contribution in [1.29, 1.82) is 0 Å². The Morgan fingerprint density at radius 2 is 2.44 bits per heavy atom. The standard InChI is InChI=1S/C12H18N2O2/c13-10-4-3-9(8-10)12(15)14-6-5-11-2-1-7-16-11/h1-2,7,9-10H,3-6,8,13H2,(H,14,15). The van der Waals surface area contributed by atoms with E-state index in [1.54, 1.807) is 6.26 Å². The van der Waals surface area contributed by atoms with Gasteiger partial charge in [-0.15, -0.1) is 0 Å². The molecule has 0 saturated heterocycles. The molecule has 4 nitrogen and oxygen atoms in total. The van der Waals surface area contributed by atoms with Gasteiger partial charge in [0.1, 0.15) is 5.76 Å². The molecule has 2 atom stereocenters. The highest BCUT2D eigenvalue weighted by Crippen LogP contribution is 2.23. The Kier molecular flexibility index (Phi) is 3.62. The van der Waals surface area contributed by atoms with Gasteiger partial charge in [-0.05, 0) is 31.4 Å². The van der Waals surface area contributed by atoms with Gasteiger partial charge >= 0.3 is 0 Å². The summed E-state index contributed by atoms with van der Waals surface area (Å²) >= 11 is 0. The fourth-order valence-corrected chi connectivity index (χ4v) is 2.16. The number of nitrogens with one attached hydrogen (secondary N) is 1. The summed E-state index contributed by atoms with van der Waals surface area (Å²) in [6.45, 7) is 0.637. The van der Waals surface area contributed by atoms with Gasteiger partial charge in [0.25, 0.3) is 0 Å². The van der Waals surface area contributed by atoms with Crippen molar-refractivity contribution in [3.05, 3.63) is 24.2 Å². The number of hydrogen-bond donors (Lipinski definition) is 2. The lowest BCUT2D eigenvalue weighted by Crippen LogP contribution is -2.31. The highest BCUT2D eigenvalue weighted by molar-refractivity contribution is 5.78. The van der Waals surface area contributed by atoms with Crippen LogP contribution in [0.15, 0.2) is 22.8 Å². The maximum Gasteiger partial charge on any atom is 0.223 e. The molecule has 1 amide bonds. The predicted molar refractivity (Wildman–Crippen MR) is 60.7 cm³/mol. The molecule has 0 aliphatic heterocycles. The number of nitrogens with two attached hydrogens (primary N) is 1. The lowest BCUT2D eigenvalue weighted by atomic mass is 10.1. The van der Waals surface area contributed by atoms with Crippen molar-refractivity contribution in [1.82, 2.24) is 5.32 Å². The Labute approximate surface area is 95.2 Å². The van der Waals surface area contributed by atoms with Gasteiger partial charge in [-0.25, -0.2) is 0 Å². The van der Waals surface area contributed by atoms with Gasteiger partial charge in [-0.1, -0.05) is 0 Å². The van der Waals surface area contributed by atoms with Crippen molar-refractivity contribution in [2.45, 2.75) is 31.7 Å². The molecule has 0 aromatic carbocycles. The predicted octanol–water partition coefficient (Wildman–Crippen LogP) is 1.07. The fraction of sp³-hybridized carbons (Fsp3) is 0.583. The third kappa shape index (κ3) is 2.85. The van der Waals surface area contributed by atoms with Crippen molar-refractivity contribution >= 4 is 5.91 Å². The van der Waals surface area contributed by atoms with Crippen molar-refractivity contribution < 1.29 is 9.21 Å². The van der Waals surface area contributed by atoms with E-state index in [0.29, 0.717) is 6.54 Å². The molecule has 0 radical (unpaired) electrons. The van der Waals surface area contributed by atoms with Crippen molar-refractivity contribution in [2.24, 2.45) is 11.7 Å². The third-order valence-electron chi connectivity index (χ3n) is 3.09. The van der Waals surface area contributed by atoms with Crippen molar-refractivity contribution in [3.63, 3.8) is 0 Å². The molecule has 0 bridgehead atoms. The van der Waals surface area contributed by atoms with E-state index in [4.69, 9.17) is 10.2 Å². The SMILES string of the molecule is NC1CCC(C(=O)NCCc2ccco2)C1. The summed E-state index contributed by atoms with van der Waals surface area (Å²) in [5.74, 6) is 1.16. The van der Waals surface area contributed by atoms with E-state index in [-0.39, 0.29) is 17.9 Å². The van der Waals surface area contributed by atoms with E-state index in [1.165, 1.54) is 0 Å². The molecule has 1 aromatic rings. The second kappa shape index (κ2) is 5.16. The van der Waals surface area contributed by atoms with Crippen LogP contribution >= 0.6 is 0 Å². The molecule has 0 spiro atoms. The second-order valence-corrected chi connectivity index (χ2v) is 4.39. The third-order valence-corrected chi connectivity index (χ3v) is 3.09. The molecule has 1 aromatic heterocycles. The Morgan fingerprint density at radius 1 is 1.56 bits per heavy atom. The molecular weight excluding hydrogens is 204 g/mol. The first-order valence-corrected chi connectivity index (χ1v) is 5.81. The largest absolute Gasteiger partial charge is 0.469 e. The molecule has 3 N–H and O–H groups in total. The minimum absolute atomic E-state index is 0.117. The van der Waals surface area contributed by atoms with Crippen molar-refractivity contribution in [2.75, 3.05) is 6.54 Å². The quantitative estimate of drug-likeness (QED) is 0.800. The summed E-state index contributed by atoms with van der Waals surface area (Å²) in [5, 5.41) is 2.93. The van der Waals surface area contributed by atoms with Crippen LogP contribution in [0.2, 0.25) is 0 Å². The Morgan fingerprint density at radius 3 is 3.06 bits per heavy atom. The molecule has 1 heterocycles. The fourth-order valence-electron chi connectivity index (χ4n) is 2.16. The molecule has 4 heteroatoms. The highest BCUT2D eigenvalue weighted by atomic mass is 16.3. The van der Waals surface area contributed by atoms with E-state index >= 15 is 0 Å². The van der Waals surface area contributed by atoms with Crippen LogP contribution in [-0.2, 0) is 11.2 Å². The van der Waals surface area contributed by atoms with Crippen LogP contribution in [0.3, 0.4) is 0 Å². The lowest BCUT2D eigenvalue weighted by molar-refractivity contribution is -0.124. The van der Waals surface area contributed by atoms with Crippen molar-refractivity contribution in [3.8, 4) is 0 Å². The zero-order chi connectivity index (χ0) is 11.4. The topological polar surface area (TPSA) is 68.3 Å². The van der Waals surface area contributed by atoms with Gasteiger partial charge in [0.05, 0.1) is 6.26 Å². The monoisotopic (exact) mass is 222 g/mol. The molecule has 1 fully saturated rings. The lowest BCUT2D eigenvalue weighted by Gasteiger charge is -2.09. The molecule has 2 unspecified atom stereocenters. The first-order valence-electron chi connectivity index (χ1n) is 5.81. The van der Waals surface area contributed by atoms with E-state index < -0.39 is 0 Å². The van der Waals surface area contributed by atoms with Crippen LogP contribution in [0.4, 0.5) is 0 Å². The second-order valence-electron chi connectivity index (χ2n) is 4.39. The number of furan rings is 1. The Balaban J connectivity index is 1.68. The molecule has 1 aliphatic carbocycles. The van der Waals surface area contributed by atoms with Gasteiger partial charge in [-0.3, -0.25) is 4.79 Å². The summed E-state index contributed by atoms with van der Waals surface area (Å²) in [5.41, 5.74) is 5.77. The molecule has 88 valence electrons. The Hall–Kier alpha value is -1.29. The average molecular weight is 222 g/mol. The Bertz CT molecular complexity index is 335. The van der Waals surface area contributed by atoms with E-state index in [2.05, 4.69) is 5.32 Å². The average Bonchev–Trinajstić information content (AvgIpc) is 2.89. The molecule has 16 heavy (non-hydrogen) atoms. The number of rotatable bonds is 4. The molecule has 1 aliphatic rings. The number of hydrogen-bond acceptors (Lipinski definition) is 3. The van der Waals surface area contributed by atoms with E-state index in [1.807, 2.05) is 12.1 Å². The summed E-state index contributed by atoms with van der Waals surface area (Å²) in [7, 11) is 0. The van der Waals surface area contributed by atoms with Gasteiger partial charge in [0.15, 0.2) is 0 Å². The van der Waals surface area contributed by atoms with Crippen LogP contribution in [0.5, 0.6) is 0 Å². The maximum atomic E-state index is 11.7. The summed E-state index contributed by atoms with van der Waals surface area (Å²) in [4.78, 5) is 11.7. The van der Waals surface area contributed by atoms with Crippen LogP contribution in [-0.4, -0.2) is 18.5 Å². The highest BCUT2D eigenvalue weighted by Gasteiger charge is 2.27. The molecular formula is C12H18N2O2. The number of carbonyl (C=O) groups excluding carboxylic acids is 1. The molecule has 1 saturated carbocycles. The minimum atomic E-state index is 0.117. The first kappa shape index (κ1) is 11.2. The van der Waals surface area contributed by atoms with Gasteiger partial charge in [-0.2, -0.15) is 0 Å². The van der Waals surface area contributed by atoms with E-state index in [0.717, 1.165) is 31.4 Å². The summed E-state index contributed by atoms with van der Waals surface area (Å²) < 4.78 is 5.19. The van der Waals surface area contributed by atoms with Crippen LogP contribution in [0, 0.1) is 5.92 Å². The van der Waals surface area contributed by atoms with E-state index in [9.17, 15) is 4.79 Å². The van der Waals surface area contributed by atoms with Crippen LogP contribution < -0.4 is 11.1 Å². The zero-order valence-electron chi connectivity index (χ0n) is 9.32. The number of amides is 1. The minimum Gasteiger partial charge on any atom is -0.469 e. The molecule has 2 rings (SSSR count). The van der Waals surface area contributed by atoms with Gasteiger partial charge < -0.3 is 15.5 Å². The summed E-state index contributed by atoms with van der Waals surface area (Å²) in [6, 6.07) is 3.98. The zero-order valence-corrected chi connectivity index (χ0v) is 9.32. The maximum absolute atomic E-state index is 11.7. The van der Waals surface area contributed by atoms with Crippen LogP contribution in [0.25, 0.3) is 0 Å². The van der Waals surface area contributed by atoms with Gasteiger partial charge in [0.2, 0.25) is 5.91 Å². The summed E-state index contributed by atoms with van der Waals surface area (Å²) in [6.07, 6.45) is 5.11.